The zero-order valence-corrected chi connectivity index (χ0v) is 12.7. The first-order valence-corrected chi connectivity index (χ1v) is 8.54. The van der Waals surface area contributed by atoms with E-state index in [0.717, 1.165) is 17.9 Å². The molecule has 0 saturated carbocycles. The molecule has 0 aromatic heterocycles. The highest BCUT2D eigenvalue weighted by molar-refractivity contribution is 7.99. The van der Waals surface area contributed by atoms with Crippen LogP contribution in [-0.2, 0) is 10.0 Å². The molecule has 0 aliphatic carbocycles. The Hall–Kier alpha value is -1.12. The van der Waals surface area contributed by atoms with E-state index in [4.69, 9.17) is 5.11 Å². The van der Waals surface area contributed by atoms with Crippen LogP contribution in [0, 0.1) is 5.82 Å². The first kappa shape index (κ1) is 16.9. The van der Waals surface area contributed by atoms with Crippen molar-refractivity contribution in [3.63, 3.8) is 0 Å². The smallest absolute Gasteiger partial charge is 0.335 e. The zero-order chi connectivity index (χ0) is 15.3. The van der Waals surface area contributed by atoms with Crippen LogP contribution in [0.4, 0.5) is 4.39 Å². The van der Waals surface area contributed by atoms with Gasteiger partial charge in [0.2, 0.25) is 10.0 Å². The number of carboxylic acid groups (broad SMARTS) is 1. The number of nitrogens with one attached hydrogen (secondary N) is 1. The highest BCUT2D eigenvalue weighted by Gasteiger charge is 2.22. The van der Waals surface area contributed by atoms with Gasteiger partial charge in [-0.1, -0.05) is 6.92 Å². The Morgan fingerprint density at radius 2 is 2.15 bits per heavy atom. The first-order valence-electron chi connectivity index (χ1n) is 5.91. The van der Waals surface area contributed by atoms with Crippen molar-refractivity contribution < 1.29 is 22.7 Å². The first-order chi connectivity index (χ1) is 9.27. The van der Waals surface area contributed by atoms with Crippen LogP contribution in [0.2, 0.25) is 0 Å². The van der Waals surface area contributed by atoms with E-state index in [1.807, 2.05) is 6.92 Å². The van der Waals surface area contributed by atoms with E-state index >= 15 is 0 Å². The van der Waals surface area contributed by atoms with Gasteiger partial charge in [-0.2, -0.15) is 11.8 Å². The van der Waals surface area contributed by atoms with Crippen molar-refractivity contribution in [2.45, 2.75) is 24.8 Å². The molecule has 0 aliphatic heterocycles. The van der Waals surface area contributed by atoms with E-state index in [0.29, 0.717) is 11.8 Å². The lowest BCUT2D eigenvalue weighted by Crippen LogP contribution is -2.34. The highest BCUT2D eigenvalue weighted by atomic mass is 32.2. The van der Waals surface area contributed by atoms with Crippen LogP contribution < -0.4 is 4.72 Å². The van der Waals surface area contributed by atoms with Gasteiger partial charge in [0.1, 0.15) is 10.7 Å². The van der Waals surface area contributed by atoms with Crippen LogP contribution in [0.5, 0.6) is 0 Å². The van der Waals surface area contributed by atoms with E-state index in [-0.39, 0.29) is 11.6 Å². The minimum absolute atomic E-state index is 0.295. The van der Waals surface area contributed by atoms with Gasteiger partial charge in [0.25, 0.3) is 0 Å². The summed E-state index contributed by atoms with van der Waals surface area (Å²) in [4.78, 5) is 10.1. The number of aromatic carboxylic acids is 1. The SMILES string of the molecule is CCSCC(C)NS(=O)(=O)c1ccc(C(=O)O)cc1F. The summed E-state index contributed by atoms with van der Waals surface area (Å²) >= 11 is 1.56. The fourth-order valence-corrected chi connectivity index (χ4v) is 3.59. The average Bonchev–Trinajstić information content (AvgIpc) is 2.35. The molecule has 0 saturated heterocycles. The number of sulfonamides is 1. The standard InChI is InChI=1S/C12H16FNO4S2/c1-3-19-7-8(2)14-20(17,18)11-5-4-9(12(15)16)6-10(11)13/h4-6,8,14H,3,7H2,1-2H3,(H,15,16). The van der Waals surface area contributed by atoms with Crippen LogP contribution in [0.1, 0.15) is 24.2 Å². The summed E-state index contributed by atoms with van der Waals surface area (Å²) in [6.07, 6.45) is 0. The molecule has 0 heterocycles. The molecular formula is C12H16FNO4S2. The summed E-state index contributed by atoms with van der Waals surface area (Å²) in [5, 5.41) is 8.71. The molecule has 0 amide bonds. The van der Waals surface area contributed by atoms with Gasteiger partial charge in [0, 0.05) is 11.8 Å². The van der Waals surface area contributed by atoms with Gasteiger partial charge < -0.3 is 5.11 Å². The summed E-state index contributed by atoms with van der Waals surface area (Å²) in [7, 11) is -3.99. The molecule has 1 rings (SSSR count). The second-order valence-corrected chi connectivity index (χ2v) is 7.13. The van der Waals surface area contributed by atoms with Gasteiger partial charge in [-0.15, -0.1) is 0 Å². The normalized spacial score (nSPS) is 13.2. The minimum Gasteiger partial charge on any atom is -0.478 e. The Morgan fingerprint density at radius 3 is 2.65 bits per heavy atom. The number of hydrogen-bond acceptors (Lipinski definition) is 4. The van der Waals surface area contributed by atoms with Crippen molar-refractivity contribution in [2.24, 2.45) is 0 Å². The largest absolute Gasteiger partial charge is 0.478 e. The molecule has 0 radical (unpaired) electrons. The molecule has 1 unspecified atom stereocenters. The third-order valence-corrected chi connectivity index (χ3v) is 5.16. The molecular weight excluding hydrogens is 305 g/mol. The average molecular weight is 321 g/mol. The number of rotatable bonds is 7. The number of halogens is 1. The molecule has 1 aromatic rings. The number of carbonyl (C=O) groups is 1. The quantitative estimate of drug-likeness (QED) is 0.802. The Morgan fingerprint density at radius 1 is 1.50 bits per heavy atom. The van der Waals surface area contributed by atoms with Crippen LogP contribution in [0.25, 0.3) is 0 Å². The van der Waals surface area contributed by atoms with Gasteiger partial charge >= 0.3 is 5.97 Å². The molecule has 20 heavy (non-hydrogen) atoms. The van der Waals surface area contributed by atoms with Crippen molar-refractivity contribution in [2.75, 3.05) is 11.5 Å². The van der Waals surface area contributed by atoms with Gasteiger partial charge in [-0.3, -0.25) is 0 Å². The van der Waals surface area contributed by atoms with E-state index in [2.05, 4.69) is 4.72 Å². The van der Waals surface area contributed by atoms with Crippen molar-refractivity contribution in [3.05, 3.63) is 29.6 Å². The monoisotopic (exact) mass is 321 g/mol. The fourth-order valence-electron chi connectivity index (χ4n) is 1.51. The number of benzene rings is 1. The summed E-state index contributed by atoms with van der Waals surface area (Å²) < 4.78 is 40.1. The number of hydrogen-bond donors (Lipinski definition) is 2. The predicted molar refractivity (Wildman–Crippen MR) is 76.1 cm³/mol. The lowest BCUT2D eigenvalue weighted by atomic mass is 10.2. The molecule has 0 fully saturated rings. The predicted octanol–water partition coefficient (Wildman–Crippen LogP) is 1.94. The van der Waals surface area contributed by atoms with Gasteiger partial charge in [0.05, 0.1) is 5.56 Å². The maximum atomic E-state index is 13.7. The molecule has 8 heteroatoms. The van der Waals surface area contributed by atoms with E-state index in [1.54, 1.807) is 18.7 Å². The van der Waals surface area contributed by atoms with E-state index in [9.17, 15) is 17.6 Å². The van der Waals surface area contributed by atoms with Crippen molar-refractivity contribution in [1.29, 1.82) is 0 Å². The van der Waals surface area contributed by atoms with Crippen molar-refractivity contribution >= 4 is 27.8 Å². The summed E-state index contributed by atoms with van der Waals surface area (Å²) in [6, 6.07) is 2.37. The highest BCUT2D eigenvalue weighted by Crippen LogP contribution is 2.17. The Bertz CT molecular complexity index is 589. The van der Waals surface area contributed by atoms with Crippen LogP contribution in [0.15, 0.2) is 23.1 Å². The van der Waals surface area contributed by atoms with Gasteiger partial charge in [0.15, 0.2) is 0 Å². The topological polar surface area (TPSA) is 83.5 Å². The molecule has 1 atom stereocenters. The third-order valence-electron chi connectivity index (χ3n) is 2.40. The molecule has 5 nitrogen and oxygen atoms in total. The zero-order valence-electron chi connectivity index (χ0n) is 11.1. The van der Waals surface area contributed by atoms with Gasteiger partial charge in [-0.05, 0) is 30.9 Å². The number of carboxylic acids is 1. The second-order valence-electron chi connectivity index (χ2n) is 4.13. The lowest BCUT2D eigenvalue weighted by Gasteiger charge is -2.14. The molecule has 2 N–H and O–H groups in total. The van der Waals surface area contributed by atoms with E-state index < -0.39 is 26.7 Å². The maximum Gasteiger partial charge on any atom is 0.335 e. The van der Waals surface area contributed by atoms with Crippen LogP contribution in [0.3, 0.4) is 0 Å². The number of thioether (sulfide) groups is 1. The van der Waals surface area contributed by atoms with Crippen LogP contribution in [-0.4, -0.2) is 37.0 Å². The van der Waals surface area contributed by atoms with Crippen molar-refractivity contribution in [1.82, 2.24) is 4.72 Å². The Balaban J connectivity index is 2.95. The van der Waals surface area contributed by atoms with Gasteiger partial charge in [-0.25, -0.2) is 22.3 Å². The molecule has 112 valence electrons. The fraction of sp³-hybridized carbons (Fsp3) is 0.417. The lowest BCUT2D eigenvalue weighted by molar-refractivity contribution is 0.0696. The Labute approximate surface area is 121 Å². The summed E-state index contributed by atoms with van der Waals surface area (Å²) in [5.74, 6) is -0.959. The van der Waals surface area contributed by atoms with Crippen LogP contribution >= 0.6 is 11.8 Å². The molecule has 1 aromatic carbocycles. The molecule has 0 bridgehead atoms. The van der Waals surface area contributed by atoms with E-state index in [1.165, 1.54) is 0 Å². The summed E-state index contributed by atoms with van der Waals surface area (Å²) in [5.41, 5.74) is -0.295. The maximum absolute atomic E-state index is 13.7. The molecule has 0 aliphatic rings. The van der Waals surface area contributed by atoms with Crippen molar-refractivity contribution in [3.8, 4) is 0 Å². The molecule has 0 spiro atoms. The third kappa shape index (κ3) is 4.46. The second kappa shape index (κ2) is 7.05. The Kier molecular flexibility index (Phi) is 5.97. The summed E-state index contributed by atoms with van der Waals surface area (Å²) in [6.45, 7) is 3.64. The minimum atomic E-state index is -3.99.